The summed E-state index contributed by atoms with van der Waals surface area (Å²) in [5, 5.41) is 16.5. The Hall–Kier alpha value is -4.65. The summed E-state index contributed by atoms with van der Waals surface area (Å²) in [7, 11) is 3.00. The van der Waals surface area contributed by atoms with Gasteiger partial charge in [0.15, 0.2) is 23.1 Å². The molecule has 3 amide bonds. The molecule has 1 aliphatic heterocycles. The third kappa shape index (κ3) is 5.22. The Morgan fingerprint density at radius 1 is 1.13 bits per heavy atom. The molecule has 1 aliphatic carbocycles. The molecule has 3 N–H and O–H groups in total. The minimum absolute atomic E-state index is 0.0173. The number of methoxy groups -OCH3 is 1. The molecular weight excluding hydrogens is 492 g/mol. The van der Waals surface area contributed by atoms with Crippen molar-refractivity contribution in [1.82, 2.24) is 25.5 Å². The lowest BCUT2D eigenvalue weighted by molar-refractivity contribution is -0.125. The van der Waals surface area contributed by atoms with Crippen LogP contribution in [0.25, 0.3) is 11.4 Å². The number of nitrogens with zero attached hydrogens (tertiary/aromatic N) is 5. The molecule has 3 heterocycles. The lowest BCUT2D eigenvalue weighted by Crippen LogP contribution is -2.41. The number of aromatic nitrogens is 4. The highest BCUT2D eigenvalue weighted by Gasteiger charge is 2.30. The predicted molar refractivity (Wildman–Crippen MR) is 137 cm³/mol. The van der Waals surface area contributed by atoms with Crippen molar-refractivity contribution in [3.05, 3.63) is 42.4 Å². The number of carbonyl (C=O) groups is 3. The van der Waals surface area contributed by atoms with Crippen LogP contribution in [0.5, 0.6) is 5.75 Å². The van der Waals surface area contributed by atoms with Crippen LogP contribution in [0.2, 0.25) is 0 Å². The summed E-state index contributed by atoms with van der Waals surface area (Å²) in [6.45, 7) is 0.904. The Balaban J connectivity index is 1.45. The number of hydrogen-bond donors (Lipinski definition) is 3. The van der Waals surface area contributed by atoms with Crippen molar-refractivity contribution in [2.24, 2.45) is 5.92 Å². The standard InChI is InChI=1S/C25H26N8O5/c1-26-25(36)21-18(10-19(31-32-21)30-24(35)14-6-7-14)29-17-5-3-4-16(22(17)37-2)23-27-11-15(12-28-23)33-8-9-38-13-20(33)34/h3-5,10-12,14H,6-9,13H2,1-2H3,(H,26,36)(H2,29,30,31,35). The summed E-state index contributed by atoms with van der Waals surface area (Å²) in [5.74, 6) is 0.281. The molecule has 196 valence electrons. The van der Waals surface area contributed by atoms with E-state index < -0.39 is 5.91 Å². The van der Waals surface area contributed by atoms with Crippen molar-refractivity contribution in [3.63, 3.8) is 0 Å². The molecule has 38 heavy (non-hydrogen) atoms. The largest absolute Gasteiger partial charge is 0.494 e. The third-order valence-corrected chi connectivity index (χ3v) is 6.10. The van der Waals surface area contributed by atoms with Crippen LogP contribution < -0.4 is 25.6 Å². The van der Waals surface area contributed by atoms with Gasteiger partial charge < -0.3 is 30.3 Å². The molecule has 13 nitrogen and oxygen atoms in total. The van der Waals surface area contributed by atoms with Gasteiger partial charge in [0.1, 0.15) is 6.61 Å². The topological polar surface area (TPSA) is 161 Å². The Bertz CT molecular complexity index is 1380. The smallest absolute Gasteiger partial charge is 0.273 e. The van der Waals surface area contributed by atoms with E-state index >= 15 is 0 Å². The molecule has 0 spiro atoms. The van der Waals surface area contributed by atoms with Gasteiger partial charge in [-0.1, -0.05) is 6.07 Å². The number of para-hydroxylation sites is 1. The van der Waals surface area contributed by atoms with Gasteiger partial charge in [-0.05, 0) is 25.0 Å². The molecule has 2 fully saturated rings. The SMILES string of the molecule is CNC(=O)c1nnc(NC(=O)C2CC2)cc1Nc1cccc(-c2ncc(N3CCOCC3=O)cn2)c1OC. The normalized spacial score (nSPS) is 15.1. The van der Waals surface area contributed by atoms with Crippen LogP contribution in [-0.2, 0) is 14.3 Å². The van der Waals surface area contributed by atoms with E-state index in [1.807, 2.05) is 0 Å². The monoisotopic (exact) mass is 518 g/mol. The van der Waals surface area contributed by atoms with Crippen LogP contribution in [0, 0.1) is 5.92 Å². The molecule has 5 rings (SSSR count). The Morgan fingerprint density at radius 3 is 2.61 bits per heavy atom. The quantitative estimate of drug-likeness (QED) is 0.401. The molecular formula is C25H26N8O5. The summed E-state index contributed by atoms with van der Waals surface area (Å²) in [6, 6.07) is 6.89. The lowest BCUT2D eigenvalue weighted by atomic mass is 10.1. The third-order valence-electron chi connectivity index (χ3n) is 6.10. The Morgan fingerprint density at radius 2 is 1.92 bits per heavy atom. The van der Waals surface area contributed by atoms with Gasteiger partial charge in [-0.15, -0.1) is 10.2 Å². The van der Waals surface area contributed by atoms with Gasteiger partial charge in [-0.25, -0.2) is 9.97 Å². The predicted octanol–water partition coefficient (Wildman–Crippen LogP) is 1.76. The van der Waals surface area contributed by atoms with E-state index in [0.29, 0.717) is 47.4 Å². The molecule has 2 aromatic heterocycles. The first-order valence-electron chi connectivity index (χ1n) is 12.0. The van der Waals surface area contributed by atoms with Gasteiger partial charge in [-0.3, -0.25) is 14.4 Å². The number of ether oxygens (including phenoxy) is 2. The number of nitrogens with one attached hydrogen (secondary N) is 3. The van der Waals surface area contributed by atoms with E-state index in [1.54, 1.807) is 41.6 Å². The molecule has 2 aliphatic rings. The highest BCUT2D eigenvalue weighted by atomic mass is 16.5. The molecule has 0 atom stereocenters. The fraction of sp³-hybridized carbons (Fsp3) is 0.320. The first kappa shape index (κ1) is 25.0. The molecule has 0 radical (unpaired) electrons. The van der Waals surface area contributed by atoms with Gasteiger partial charge in [0, 0.05) is 25.6 Å². The molecule has 1 saturated carbocycles. The number of carbonyl (C=O) groups excluding carboxylic acids is 3. The molecule has 3 aromatic rings. The maximum atomic E-state index is 12.5. The lowest BCUT2D eigenvalue weighted by Gasteiger charge is -2.26. The molecule has 1 saturated heterocycles. The second kappa shape index (κ2) is 10.8. The van der Waals surface area contributed by atoms with E-state index in [2.05, 4.69) is 36.1 Å². The van der Waals surface area contributed by atoms with E-state index in [0.717, 1.165) is 12.8 Å². The number of morpholine rings is 1. The van der Waals surface area contributed by atoms with Crippen molar-refractivity contribution < 1.29 is 23.9 Å². The highest BCUT2D eigenvalue weighted by Crippen LogP contribution is 2.37. The van der Waals surface area contributed by atoms with Gasteiger partial charge in [0.05, 0.1) is 48.7 Å². The van der Waals surface area contributed by atoms with Gasteiger partial charge in [-0.2, -0.15) is 0 Å². The zero-order chi connectivity index (χ0) is 26.6. The van der Waals surface area contributed by atoms with Crippen molar-refractivity contribution in [2.75, 3.05) is 49.4 Å². The van der Waals surface area contributed by atoms with E-state index in [-0.39, 0.29) is 35.9 Å². The Labute approximate surface area is 218 Å². The first-order valence-corrected chi connectivity index (χ1v) is 12.0. The maximum Gasteiger partial charge on any atom is 0.273 e. The van der Waals surface area contributed by atoms with Gasteiger partial charge in [0.2, 0.25) is 5.91 Å². The second-order valence-corrected chi connectivity index (χ2v) is 8.71. The van der Waals surface area contributed by atoms with Crippen LogP contribution in [-0.4, -0.2) is 71.8 Å². The van der Waals surface area contributed by atoms with Crippen LogP contribution in [0.1, 0.15) is 23.3 Å². The van der Waals surface area contributed by atoms with E-state index in [1.165, 1.54) is 14.2 Å². The first-order chi connectivity index (χ1) is 18.5. The highest BCUT2D eigenvalue weighted by molar-refractivity contribution is 6.00. The summed E-state index contributed by atoms with van der Waals surface area (Å²) in [5.41, 5.74) is 2.04. The van der Waals surface area contributed by atoms with Crippen molar-refractivity contribution in [1.29, 1.82) is 0 Å². The van der Waals surface area contributed by atoms with E-state index in [4.69, 9.17) is 9.47 Å². The zero-order valence-electron chi connectivity index (χ0n) is 20.9. The number of anilines is 4. The van der Waals surface area contributed by atoms with Gasteiger partial charge in [0.25, 0.3) is 11.8 Å². The Kier molecular flexibility index (Phi) is 7.09. The van der Waals surface area contributed by atoms with Crippen LogP contribution in [0.15, 0.2) is 36.7 Å². The maximum absolute atomic E-state index is 12.5. The fourth-order valence-corrected chi connectivity index (χ4v) is 3.98. The average Bonchev–Trinajstić information content (AvgIpc) is 3.79. The number of rotatable bonds is 8. The average molecular weight is 519 g/mol. The summed E-state index contributed by atoms with van der Waals surface area (Å²) < 4.78 is 10.9. The summed E-state index contributed by atoms with van der Waals surface area (Å²) in [6.07, 6.45) is 4.85. The summed E-state index contributed by atoms with van der Waals surface area (Å²) in [4.78, 5) is 47.3. The van der Waals surface area contributed by atoms with Crippen molar-refractivity contribution in [3.8, 4) is 17.1 Å². The minimum atomic E-state index is -0.452. The fourth-order valence-electron chi connectivity index (χ4n) is 3.98. The number of benzene rings is 1. The van der Waals surface area contributed by atoms with Crippen LogP contribution >= 0.6 is 0 Å². The van der Waals surface area contributed by atoms with Crippen molar-refractivity contribution >= 4 is 40.6 Å². The van der Waals surface area contributed by atoms with Crippen molar-refractivity contribution in [2.45, 2.75) is 12.8 Å². The molecule has 0 bridgehead atoms. The second-order valence-electron chi connectivity index (χ2n) is 8.71. The summed E-state index contributed by atoms with van der Waals surface area (Å²) >= 11 is 0. The zero-order valence-corrected chi connectivity index (χ0v) is 20.9. The van der Waals surface area contributed by atoms with Crippen LogP contribution in [0.4, 0.5) is 22.9 Å². The van der Waals surface area contributed by atoms with E-state index in [9.17, 15) is 14.4 Å². The molecule has 0 unspecified atom stereocenters. The number of hydrogen-bond acceptors (Lipinski definition) is 10. The number of amides is 3. The minimum Gasteiger partial charge on any atom is -0.494 e. The molecule has 13 heteroatoms. The van der Waals surface area contributed by atoms with Crippen LogP contribution in [0.3, 0.4) is 0 Å². The van der Waals surface area contributed by atoms with Gasteiger partial charge >= 0.3 is 0 Å². The molecule has 1 aromatic carbocycles.